The second-order valence-corrected chi connectivity index (χ2v) is 9.29. The van der Waals surface area contributed by atoms with Crippen molar-refractivity contribution in [1.82, 2.24) is 15.2 Å². The number of carbonyl (C=O) groups is 1. The van der Waals surface area contributed by atoms with Crippen molar-refractivity contribution >= 4 is 23.2 Å². The molecule has 0 atom stereocenters. The molecule has 1 amide bonds. The second-order valence-electron chi connectivity index (χ2n) is 9.29. The van der Waals surface area contributed by atoms with Gasteiger partial charge < -0.3 is 26.2 Å². The van der Waals surface area contributed by atoms with E-state index in [-0.39, 0.29) is 11.9 Å². The predicted octanol–water partition coefficient (Wildman–Crippen LogP) is 3.97. The van der Waals surface area contributed by atoms with Crippen LogP contribution in [-0.4, -0.2) is 47.8 Å². The first-order chi connectivity index (χ1) is 16.4. The van der Waals surface area contributed by atoms with Crippen molar-refractivity contribution in [1.29, 1.82) is 0 Å². The molecule has 0 saturated heterocycles. The summed E-state index contributed by atoms with van der Waals surface area (Å²) >= 11 is 0. The molecule has 0 radical (unpaired) electrons. The third-order valence-corrected chi connectivity index (χ3v) is 6.07. The number of nitrogens with two attached hydrogens (primary N) is 1. The highest BCUT2D eigenvalue weighted by molar-refractivity contribution is 6.12. The maximum atomic E-state index is 12.6. The smallest absolute Gasteiger partial charge is 0.267 e. The Balaban J connectivity index is 1.79. The Morgan fingerprint density at radius 1 is 1.38 bits per heavy atom. The van der Waals surface area contributed by atoms with Crippen molar-refractivity contribution in [3.8, 4) is 0 Å². The molecule has 0 unspecified atom stereocenters. The van der Waals surface area contributed by atoms with Gasteiger partial charge in [-0.25, -0.2) is 9.98 Å². The summed E-state index contributed by atoms with van der Waals surface area (Å²) in [5, 5.41) is 5.92. The minimum absolute atomic E-state index is 0.148. The van der Waals surface area contributed by atoms with Crippen molar-refractivity contribution in [2.45, 2.75) is 58.9 Å². The van der Waals surface area contributed by atoms with Gasteiger partial charge in [-0.05, 0) is 43.4 Å². The van der Waals surface area contributed by atoms with Gasteiger partial charge in [0.25, 0.3) is 5.91 Å². The molecule has 1 aromatic rings. The van der Waals surface area contributed by atoms with Crippen molar-refractivity contribution in [2.24, 2.45) is 16.6 Å². The van der Waals surface area contributed by atoms with Gasteiger partial charge in [0.15, 0.2) is 0 Å². The molecule has 8 heteroatoms. The molecule has 2 heterocycles. The van der Waals surface area contributed by atoms with Crippen molar-refractivity contribution in [2.75, 3.05) is 30.4 Å². The number of aliphatic imine (C=N–C) groups is 1. The first-order valence-corrected chi connectivity index (χ1v) is 12.3. The molecule has 8 nitrogen and oxygen atoms in total. The largest absolute Gasteiger partial charge is 0.404 e. The zero-order valence-electron chi connectivity index (χ0n) is 21.0. The molecule has 184 valence electrons. The average molecular weight is 466 g/mol. The van der Waals surface area contributed by atoms with Gasteiger partial charge in [0.2, 0.25) is 0 Å². The third-order valence-electron chi connectivity index (χ3n) is 6.07. The topological polar surface area (TPSA) is 98.9 Å². The van der Waals surface area contributed by atoms with Gasteiger partial charge >= 0.3 is 0 Å². The van der Waals surface area contributed by atoms with E-state index in [2.05, 4.69) is 53.9 Å². The normalized spacial score (nSPS) is 18.6. The lowest BCUT2D eigenvalue weighted by molar-refractivity contribution is -0.118. The van der Waals surface area contributed by atoms with E-state index in [9.17, 15) is 4.79 Å². The van der Waals surface area contributed by atoms with Gasteiger partial charge in [0.05, 0.1) is 11.9 Å². The molecule has 0 bridgehead atoms. The number of anilines is 2. The SMILES string of the molecule is C=C(/N=C1\C(=C/N)C=C(C(=O)NC)N1C1CCCC1)Nc1ccc(N(CCC)CC(C)C)cn1. The maximum absolute atomic E-state index is 12.6. The summed E-state index contributed by atoms with van der Waals surface area (Å²) in [5.41, 5.74) is 8.29. The first-order valence-electron chi connectivity index (χ1n) is 12.3. The number of rotatable bonds is 10. The van der Waals surface area contributed by atoms with E-state index in [1.54, 1.807) is 13.1 Å². The number of aromatic nitrogens is 1. The highest BCUT2D eigenvalue weighted by atomic mass is 16.2. The van der Waals surface area contributed by atoms with Crippen LogP contribution in [0.25, 0.3) is 0 Å². The molecule has 0 spiro atoms. The van der Waals surface area contributed by atoms with E-state index in [0.29, 0.717) is 34.7 Å². The van der Waals surface area contributed by atoms with Crippen molar-refractivity contribution in [3.63, 3.8) is 0 Å². The molecular weight excluding hydrogens is 426 g/mol. The van der Waals surface area contributed by atoms with E-state index in [0.717, 1.165) is 50.9 Å². The number of amidine groups is 1. The summed E-state index contributed by atoms with van der Waals surface area (Å²) in [4.78, 5) is 26.3. The molecular formula is C26H39N7O. The number of pyridine rings is 1. The molecule has 1 saturated carbocycles. The fourth-order valence-electron chi connectivity index (χ4n) is 4.60. The molecule has 1 fully saturated rings. The number of nitrogens with one attached hydrogen (secondary N) is 2. The molecule has 0 aromatic carbocycles. The zero-order valence-corrected chi connectivity index (χ0v) is 21.0. The Kier molecular flexibility index (Phi) is 8.73. The third kappa shape index (κ3) is 5.98. The Hall–Kier alpha value is -3.29. The molecule has 3 rings (SSSR count). The quantitative estimate of drug-likeness (QED) is 0.484. The van der Waals surface area contributed by atoms with Gasteiger partial charge in [-0.2, -0.15) is 0 Å². The lowest BCUT2D eigenvalue weighted by Crippen LogP contribution is -2.40. The lowest BCUT2D eigenvalue weighted by Gasteiger charge is -2.29. The Morgan fingerprint density at radius 3 is 2.68 bits per heavy atom. The van der Waals surface area contributed by atoms with E-state index < -0.39 is 0 Å². The van der Waals surface area contributed by atoms with Crippen LogP contribution in [0.15, 0.2) is 59.3 Å². The summed E-state index contributed by atoms with van der Waals surface area (Å²) in [7, 11) is 1.63. The van der Waals surface area contributed by atoms with Gasteiger partial charge in [-0.15, -0.1) is 0 Å². The number of nitrogens with zero attached hydrogens (tertiary/aromatic N) is 4. The van der Waals surface area contributed by atoms with Crippen LogP contribution in [-0.2, 0) is 4.79 Å². The minimum Gasteiger partial charge on any atom is -0.404 e. The van der Waals surface area contributed by atoms with Gasteiger partial charge in [-0.3, -0.25) is 4.79 Å². The molecule has 1 aliphatic heterocycles. The summed E-state index contributed by atoms with van der Waals surface area (Å²) < 4.78 is 0. The molecule has 2 aliphatic rings. The Morgan fingerprint density at radius 2 is 2.12 bits per heavy atom. The number of likely N-dealkylation sites (N-methyl/N-ethyl adjacent to an activating group) is 1. The van der Waals surface area contributed by atoms with Crippen LogP contribution < -0.4 is 21.3 Å². The van der Waals surface area contributed by atoms with E-state index in [1.807, 2.05) is 17.2 Å². The van der Waals surface area contributed by atoms with Crippen molar-refractivity contribution in [3.05, 3.63) is 54.3 Å². The van der Waals surface area contributed by atoms with Crippen LogP contribution in [0.2, 0.25) is 0 Å². The number of carbonyl (C=O) groups excluding carboxylic acids is 1. The maximum Gasteiger partial charge on any atom is 0.267 e. The summed E-state index contributed by atoms with van der Waals surface area (Å²) in [6.07, 6.45) is 10.6. The molecule has 1 aliphatic carbocycles. The monoisotopic (exact) mass is 465 g/mol. The van der Waals surface area contributed by atoms with E-state index >= 15 is 0 Å². The van der Waals surface area contributed by atoms with E-state index in [4.69, 9.17) is 10.7 Å². The van der Waals surface area contributed by atoms with Crippen LogP contribution in [0.1, 0.15) is 52.9 Å². The van der Waals surface area contributed by atoms with E-state index in [1.165, 1.54) is 6.20 Å². The van der Waals surface area contributed by atoms with Crippen LogP contribution in [0.4, 0.5) is 11.5 Å². The fraction of sp³-hybridized carbons (Fsp3) is 0.500. The minimum atomic E-state index is -0.148. The van der Waals surface area contributed by atoms with Crippen LogP contribution in [0.5, 0.6) is 0 Å². The number of hydrogen-bond acceptors (Lipinski definition) is 6. The molecule has 34 heavy (non-hydrogen) atoms. The summed E-state index contributed by atoms with van der Waals surface area (Å²) in [6, 6.07) is 4.24. The summed E-state index contributed by atoms with van der Waals surface area (Å²) in [5.74, 6) is 2.18. The van der Waals surface area contributed by atoms with Crippen molar-refractivity contribution < 1.29 is 4.79 Å². The highest BCUT2D eigenvalue weighted by Crippen LogP contribution is 2.33. The molecule has 1 aromatic heterocycles. The Labute approximate surface area is 203 Å². The van der Waals surface area contributed by atoms with Gasteiger partial charge in [-0.1, -0.05) is 40.2 Å². The average Bonchev–Trinajstić information content (AvgIpc) is 3.46. The van der Waals surface area contributed by atoms with Gasteiger partial charge in [0.1, 0.15) is 23.2 Å². The number of amides is 1. The summed E-state index contributed by atoms with van der Waals surface area (Å²) in [6.45, 7) is 12.7. The standard InChI is InChI=1S/C26H39N7O/c1-6-13-32(17-18(2)3)22-11-12-24(29-16-22)30-19(4)31-25-20(15-27)14-23(26(34)28-5)33(25)21-9-7-8-10-21/h11-12,14-16,18,21H,4,6-10,13,17,27H2,1-3,5H3,(H,28,34)(H,29,30)/b20-15-,31-25+. The lowest BCUT2D eigenvalue weighted by atomic mass is 10.2. The Bertz CT molecular complexity index is 956. The number of hydrogen-bond donors (Lipinski definition) is 3. The van der Waals surface area contributed by atoms with Crippen LogP contribution >= 0.6 is 0 Å². The zero-order chi connectivity index (χ0) is 24.7. The second kappa shape index (κ2) is 11.7. The molecule has 4 N–H and O–H groups in total. The fourth-order valence-corrected chi connectivity index (χ4v) is 4.60. The first kappa shape index (κ1) is 25.3. The highest BCUT2D eigenvalue weighted by Gasteiger charge is 2.36. The van der Waals surface area contributed by atoms with Crippen LogP contribution in [0.3, 0.4) is 0 Å². The van der Waals surface area contributed by atoms with Crippen LogP contribution in [0, 0.1) is 5.92 Å². The predicted molar refractivity (Wildman–Crippen MR) is 140 cm³/mol. The van der Waals surface area contributed by atoms with Gasteiger partial charge in [0, 0.05) is 38.0 Å².